The Morgan fingerprint density at radius 1 is 0.288 bits per heavy atom. The van der Waals surface area contributed by atoms with E-state index < -0.39 is 0 Å². The molecule has 0 saturated carbocycles. The van der Waals surface area contributed by atoms with Gasteiger partial charge in [-0.25, -0.2) is 49.8 Å². The lowest BCUT2D eigenvalue weighted by atomic mass is 9.89. The number of aromatic nitrogens is 10. The van der Waals surface area contributed by atoms with Crippen LogP contribution in [0.2, 0.25) is 0 Å². The van der Waals surface area contributed by atoms with Gasteiger partial charge in [-0.3, -0.25) is 0 Å². The second-order valence-electron chi connectivity index (χ2n) is 12.2. The minimum atomic E-state index is 0.501. The Balaban J connectivity index is 1.20. The third-order valence-electron chi connectivity index (χ3n) is 9.12. The zero-order chi connectivity index (χ0) is 34.4. The van der Waals surface area contributed by atoms with E-state index in [9.17, 15) is 0 Å². The normalized spacial score (nSPS) is 11.5. The van der Waals surface area contributed by atoms with Crippen LogP contribution in [0.5, 0.6) is 0 Å². The highest BCUT2D eigenvalue weighted by Crippen LogP contribution is 2.42. The summed E-state index contributed by atoms with van der Waals surface area (Å²) in [5.74, 6) is 3.26. The van der Waals surface area contributed by atoms with E-state index >= 15 is 0 Å². The Kier molecular flexibility index (Phi) is 6.88. The zero-order valence-electron chi connectivity index (χ0n) is 27.3. The van der Waals surface area contributed by atoms with E-state index in [1.54, 1.807) is 24.8 Å². The summed E-state index contributed by atoms with van der Waals surface area (Å²) in [7, 11) is 0. The van der Waals surface area contributed by atoms with Gasteiger partial charge in [0.1, 0.15) is 12.7 Å². The lowest BCUT2D eigenvalue weighted by Gasteiger charge is -2.16. The van der Waals surface area contributed by atoms with Crippen molar-refractivity contribution in [3.8, 4) is 68.3 Å². The SMILES string of the molecule is c1ccc(-c2nc(-c3cncnc3)nc(-c3ccc4ccc5c(-c6nc(-c7ccccc7)nc(-c7cncnc7)n6)ccc6ccc3c4c65)n2)cc1. The van der Waals surface area contributed by atoms with Crippen molar-refractivity contribution >= 4 is 32.3 Å². The molecule has 0 saturated heterocycles. The van der Waals surface area contributed by atoms with Crippen LogP contribution in [-0.2, 0) is 0 Å². The van der Waals surface area contributed by atoms with Crippen molar-refractivity contribution in [2.75, 3.05) is 0 Å². The minimum Gasteiger partial charge on any atom is -0.244 e. The van der Waals surface area contributed by atoms with Crippen LogP contribution in [0.1, 0.15) is 0 Å². The molecule has 0 spiro atoms. The standard InChI is InChI=1S/C42H24N10/c1-3-7-27(8-4-1)37-47-39(29-19-43-23-44-20-29)51-41(49-37)33-17-13-25-12-16-32-34(18-14-26-11-15-31(33)35(25)36(26)32)42-50-38(28-9-5-2-6-10-28)48-40(52-42)30-21-45-24-46-22-30/h1-24H. The maximum absolute atomic E-state index is 5.02. The van der Waals surface area contributed by atoms with Crippen LogP contribution < -0.4 is 0 Å². The fourth-order valence-electron chi connectivity index (χ4n) is 6.70. The number of rotatable bonds is 6. The van der Waals surface area contributed by atoms with E-state index in [1.165, 1.54) is 12.7 Å². The molecule has 4 aromatic heterocycles. The van der Waals surface area contributed by atoms with Crippen molar-refractivity contribution in [2.24, 2.45) is 0 Å². The van der Waals surface area contributed by atoms with Gasteiger partial charge in [-0.05, 0) is 44.5 Å². The lowest BCUT2D eigenvalue weighted by molar-refractivity contribution is 1.06. The number of hydrogen-bond acceptors (Lipinski definition) is 10. The van der Waals surface area contributed by atoms with Crippen LogP contribution in [-0.4, -0.2) is 49.8 Å². The molecule has 10 nitrogen and oxygen atoms in total. The third-order valence-corrected chi connectivity index (χ3v) is 9.12. The summed E-state index contributed by atoms with van der Waals surface area (Å²) in [6, 6.07) is 36.9. The van der Waals surface area contributed by atoms with Crippen LogP contribution in [0.15, 0.2) is 147 Å². The molecule has 0 bridgehead atoms. The van der Waals surface area contributed by atoms with Crippen molar-refractivity contribution in [3.05, 3.63) is 147 Å². The molecule has 4 heterocycles. The molecule has 6 aromatic carbocycles. The molecular weight excluding hydrogens is 645 g/mol. The fraction of sp³-hybridized carbons (Fsp3) is 0. The van der Waals surface area contributed by atoms with E-state index in [0.717, 1.165) is 54.6 Å². The Morgan fingerprint density at radius 2 is 0.635 bits per heavy atom. The van der Waals surface area contributed by atoms with Gasteiger partial charge in [0.25, 0.3) is 0 Å². The molecule has 0 radical (unpaired) electrons. The Hall–Kier alpha value is -7.46. The topological polar surface area (TPSA) is 129 Å². The number of benzene rings is 6. The summed E-state index contributed by atoms with van der Waals surface area (Å²) >= 11 is 0. The molecule has 0 atom stereocenters. The zero-order valence-corrected chi connectivity index (χ0v) is 27.3. The summed E-state index contributed by atoms with van der Waals surface area (Å²) in [5, 5.41) is 6.47. The summed E-state index contributed by atoms with van der Waals surface area (Å²) in [5.41, 5.74) is 4.98. The predicted octanol–water partition coefficient (Wildman–Crippen LogP) is 8.54. The monoisotopic (exact) mass is 668 g/mol. The van der Waals surface area contributed by atoms with Crippen LogP contribution in [0.3, 0.4) is 0 Å². The minimum absolute atomic E-state index is 0.501. The molecule has 242 valence electrons. The highest BCUT2D eigenvalue weighted by Gasteiger charge is 2.20. The highest BCUT2D eigenvalue weighted by molar-refractivity contribution is 6.27. The largest absolute Gasteiger partial charge is 0.244 e. The quantitative estimate of drug-likeness (QED) is 0.159. The summed E-state index contributed by atoms with van der Waals surface area (Å²) in [6.45, 7) is 0. The number of nitrogens with zero attached hydrogens (tertiary/aromatic N) is 10. The van der Waals surface area contributed by atoms with Crippen LogP contribution >= 0.6 is 0 Å². The molecule has 10 rings (SSSR count). The van der Waals surface area contributed by atoms with Gasteiger partial charge >= 0.3 is 0 Å². The molecule has 52 heavy (non-hydrogen) atoms. The third kappa shape index (κ3) is 5.05. The molecule has 0 aliphatic carbocycles. The van der Waals surface area contributed by atoms with Gasteiger partial charge in [0.05, 0.1) is 11.1 Å². The summed E-state index contributed by atoms with van der Waals surface area (Å²) in [6.07, 6.45) is 9.85. The first-order valence-corrected chi connectivity index (χ1v) is 16.6. The Bertz CT molecular complexity index is 2570. The first kappa shape index (κ1) is 29.5. The molecule has 0 aliphatic rings. The maximum atomic E-state index is 5.02. The van der Waals surface area contributed by atoms with Crippen LogP contribution in [0.4, 0.5) is 0 Å². The number of hydrogen-bond donors (Lipinski definition) is 0. The molecule has 0 fully saturated rings. The Morgan fingerprint density at radius 3 is 1.04 bits per heavy atom. The van der Waals surface area contributed by atoms with Gasteiger partial charge in [-0.1, -0.05) is 97.1 Å². The van der Waals surface area contributed by atoms with Gasteiger partial charge in [-0.2, -0.15) is 0 Å². The summed E-state index contributed by atoms with van der Waals surface area (Å²) < 4.78 is 0. The molecular formula is C42H24N10. The van der Waals surface area contributed by atoms with E-state index in [0.29, 0.717) is 46.1 Å². The van der Waals surface area contributed by atoms with Crippen molar-refractivity contribution in [1.82, 2.24) is 49.8 Å². The van der Waals surface area contributed by atoms with Crippen molar-refractivity contribution in [3.63, 3.8) is 0 Å². The fourth-order valence-corrected chi connectivity index (χ4v) is 6.70. The summed E-state index contributed by atoms with van der Waals surface area (Å²) in [4.78, 5) is 46.6. The van der Waals surface area contributed by atoms with Crippen LogP contribution in [0.25, 0.3) is 101 Å². The lowest BCUT2D eigenvalue weighted by Crippen LogP contribution is -2.02. The molecule has 10 aromatic rings. The molecule has 0 amide bonds. The van der Waals surface area contributed by atoms with Gasteiger partial charge in [0, 0.05) is 47.0 Å². The molecule has 0 N–H and O–H groups in total. The Labute approximate surface area is 296 Å². The first-order chi connectivity index (χ1) is 25.8. The smallest absolute Gasteiger partial charge is 0.167 e. The van der Waals surface area contributed by atoms with Gasteiger partial charge in [0.15, 0.2) is 34.9 Å². The molecule has 10 heteroatoms. The van der Waals surface area contributed by atoms with Crippen LogP contribution in [0, 0.1) is 0 Å². The predicted molar refractivity (Wildman–Crippen MR) is 201 cm³/mol. The van der Waals surface area contributed by atoms with Crippen molar-refractivity contribution < 1.29 is 0 Å². The second kappa shape index (κ2) is 12.1. The first-order valence-electron chi connectivity index (χ1n) is 16.6. The average Bonchev–Trinajstić information content (AvgIpc) is 3.23. The van der Waals surface area contributed by atoms with Gasteiger partial charge in [-0.15, -0.1) is 0 Å². The van der Waals surface area contributed by atoms with Gasteiger partial charge in [0.2, 0.25) is 0 Å². The molecule has 0 unspecified atom stereocenters. The van der Waals surface area contributed by atoms with E-state index in [2.05, 4.69) is 68.5 Å². The van der Waals surface area contributed by atoms with E-state index in [-0.39, 0.29) is 0 Å². The second-order valence-corrected chi connectivity index (χ2v) is 12.2. The molecule has 0 aliphatic heterocycles. The van der Waals surface area contributed by atoms with Crippen molar-refractivity contribution in [2.45, 2.75) is 0 Å². The van der Waals surface area contributed by atoms with E-state index in [1.807, 2.05) is 60.7 Å². The average molecular weight is 669 g/mol. The highest BCUT2D eigenvalue weighted by atomic mass is 15.0. The van der Waals surface area contributed by atoms with Crippen molar-refractivity contribution in [1.29, 1.82) is 0 Å². The maximum Gasteiger partial charge on any atom is 0.167 e. The van der Waals surface area contributed by atoms with E-state index in [4.69, 9.17) is 29.9 Å². The van der Waals surface area contributed by atoms with Gasteiger partial charge < -0.3 is 0 Å².